The molecule has 0 atom stereocenters. The zero-order chi connectivity index (χ0) is 21.0. The van der Waals surface area contributed by atoms with Gasteiger partial charge in [-0.3, -0.25) is 15.0 Å². The topological polar surface area (TPSA) is 93.4 Å². The summed E-state index contributed by atoms with van der Waals surface area (Å²) in [6.07, 6.45) is 7.01. The predicted octanol–water partition coefficient (Wildman–Crippen LogP) is 2.80. The van der Waals surface area contributed by atoms with Crippen molar-refractivity contribution in [3.05, 3.63) is 66.2 Å². The molecule has 31 heavy (non-hydrogen) atoms. The van der Waals surface area contributed by atoms with Gasteiger partial charge in [0, 0.05) is 25.5 Å². The van der Waals surface area contributed by atoms with Crippen LogP contribution in [-0.2, 0) is 4.74 Å². The summed E-state index contributed by atoms with van der Waals surface area (Å²) in [4.78, 5) is 20.3. The van der Waals surface area contributed by atoms with Gasteiger partial charge in [-0.2, -0.15) is 15.1 Å². The largest absolute Gasteiger partial charge is 0.378 e. The van der Waals surface area contributed by atoms with E-state index in [2.05, 4.69) is 44.5 Å². The molecular formula is C22H22N8O. The van der Waals surface area contributed by atoms with Gasteiger partial charge in [0.1, 0.15) is 6.33 Å². The Bertz CT molecular complexity index is 1210. The average molecular weight is 414 g/mol. The van der Waals surface area contributed by atoms with Gasteiger partial charge in [0.25, 0.3) is 0 Å². The quantitative estimate of drug-likeness (QED) is 0.396. The Morgan fingerprint density at radius 1 is 1.10 bits per heavy atom. The number of benzene rings is 1. The summed E-state index contributed by atoms with van der Waals surface area (Å²) in [6.45, 7) is 4.83. The van der Waals surface area contributed by atoms with Crippen molar-refractivity contribution in [3.63, 3.8) is 0 Å². The summed E-state index contributed by atoms with van der Waals surface area (Å²) in [7, 11) is 0. The third-order valence-corrected chi connectivity index (χ3v) is 5.05. The van der Waals surface area contributed by atoms with Crippen molar-refractivity contribution in [2.24, 2.45) is 5.10 Å². The van der Waals surface area contributed by atoms with Gasteiger partial charge >= 0.3 is 0 Å². The molecule has 0 bridgehead atoms. The minimum absolute atomic E-state index is 0.559. The number of rotatable bonds is 5. The second-order valence-electron chi connectivity index (χ2n) is 7.25. The summed E-state index contributed by atoms with van der Waals surface area (Å²) in [5.41, 5.74) is 7.54. The molecule has 0 radical (unpaired) electrons. The van der Waals surface area contributed by atoms with Crippen LogP contribution in [0.4, 0.5) is 11.8 Å². The number of hydrogen-bond acceptors (Lipinski definition) is 8. The van der Waals surface area contributed by atoms with Gasteiger partial charge in [-0.1, -0.05) is 29.8 Å². The molecule has 1 aromatic carbocycles. The lowest BCUT2D eigenvalue weighted by molar-refractivity contribution is 0.122. The maximum absolute atomic E-state index is 5.48. The number of anilines is 2. The number of hydrogen-bond donors (Lipinski definition) is 1. The average Bonchev–Trinajstić information content (AvgIpc) is 3.24. The Morgan fingerprint density at radius 2 is 1.94 bits per heavy atom. The van der Waals surface area contributed by atoms with Gasteiger partial charge in [0.2, 0.25) is 5.95 Å². The van der Waals surface area contributed by atoms with E-state index < -0.39 is 0 Å². The van der Waals surface area contributed by atoms with Gasteiger partial charge < -0.3 is 9.64 Å². The lowest BCUT2D eigenvalue weighted by atomic mass is 10.2. The van der Waals surface area contributed by atoms with Crippen molar-refractivity contribution in [3.8, 4) is 5.69 Å². The number of nitrogens with one attached hydrogen (secondary N) is 1. The molecular weight excluding hydrogens is 392 g/mol. The van der Waals surface area contributed by atoms with Crippen LogP contribution in [0.3, 0.4) is 0 Å². The maximum Gasteiger partial charge on any atom is 0.229 e. The summed E-state index contributed by atoms with van der Waals surface area (Å²) < 4.78 is 7.41. The van der Waals surface area contributed by atoms with E-state index in [0.717, 1.165) is 24.3 Å². The molecule has 5 rings (SSSR count). The molecule has 1 N–H and O–H groups in total. The van der Waals surface area contributed by atoms with Crippen molar-refractivity contribution in [1.29, 1.82) is 0 Å². The Kier molecular flexibility index (Phi) is 5.24. The SMILES string of the molecule is Cc1cccc(C=NNc2nc(N3CCOCC3)nc3c2ncn3-c2ccncc2)c1. The van der Waals surface area contributed by atoms with E-state index in [4.69, 9.17) is 14.7 Å². The normalized spacial score (nSPS) is 14.4. The van der Waals surface area contributed by atoms with E-state index in [0.29, 0.717) is 36.1 Å². The van der Waals surface area contributed by atoms with Gasteiger partial charge in [0.15, 0.2) is 17.0 Å². The summed E-state index contributed by atoms with van der Waals surface area (Å²) in [6, 6.07) is 12.0. The highest BCUT2D eigenvalue weighted by Gasteiger charge is 2.19. The molecule has 0 aliphatic carbocycles. The van der Waals surface area contributed by atoms with E-state index in [-0.39, 0.29) is 0 Å². The summed E-state index contributed by atoms with van der Waals surface area (Å²) in [5.74, 6) is 1.18. The van der Waals surface area contributed by atoms with Gasteiger partial charge in [-0.15, -0.1) is 0 Å². The number of aromatic nitrogens is 5. The van der Waals surface area contributed by atoms with E-state index in [1.165, 1.54) is 5.56 Å². The van der Waals surface area contributed by atoms with Gasteiger partial charge in [0.05, 0.1) is 25.1 Å². The number of pyridine rings is 1. The second-order valence-corrected chi connectivity index (χ2v) is 7.25. The third kappa shape index (κ3) is 4.08. The smallest absolute Gasteiger partial charge is 0.229 e. The van der Waals surface area contributed by atoms with Crippen molar-refractivity contribution in [2.45, 2.75) is 6.92 Å². The van der Waals surface area contributed by atoms with Crippen LogP contribution in [0.2, 0.25) is 0 Å². The van der Waals surface area contributed by atoms with Crippen LogP contribution in [0.1, 0.15) is 11.1 Å². The molecule has 0 amide bonds. The van der Waals surface area contributed by atoms with Crippen molar-refractivity contribution in [1.82, 2.24) is 24.5 Å². The van der Waals surface area contributed by atoms with Crippen LogP contribution < -0.4 is 10.3 Å². The molecule has 9 nitrogen and oxygen atoms in total. The minimum atomic E-state index is 0.559. The van der Waals surface area contributed by atoms with Crippen LogP contribution in [0.25, 0.3) is 16.9 Å². The first-order valence-corrected chi connectivity index (χ1v) is 10.1. The van der Waals surface area contributed by atoms with Gasteiger partial charge in [-0.25, -0.2) is 4.98 Å². The Morgan fingerprint density at radius 3 is 2.74 bits per heavy atom. The molecule has 0 unspecified atom stereocenters. The molecule has 0 saturated carbocycles. The van der Waals surface area contributed by atoms with Crippen LogP contribution in [-0.4, -0.2) is 57.0 Å². The Labute approximate surface area is 179 Å². The standard InChI is InChI=1S/C22H22N8O/c1-16-3-2-4-17(13-16)14-25-28-20-19-21(27-22(26-20)29-9-11-31-12-10-29)30(15-24-19)18-5-7-23-8-6-18/h2-8,13-15H,9-12H2,1H3,(H,26,27,28). The molecule has 9 heteroatoms. The molecule has 4 heterocycles. The van der Waals surface area contributed by atoms with Crippen molar-refractivity contribution in [2.75, 3.05) is 36.6 Å². The first-order valence-electron chi connectivity index (χ1n) is 10.1. The lowest BCUT2D eigenvalue weighted by Gasteiger charge is -2.27. The molecule has 0 spiro atoms. The molecule has 1 aliphatic heterocycles. The van der Waals surface area contributed by atoms with E-state index in [1.807, 2.05) is 28.8 Å². The molecule has 1 saturated heterocycles. The molecule has 156 valence electrons. The monoisotopic (exact) mass is 414 g/mol. The molecule has 4 aromatic rings. The van der Waals surface area contributed by atoms with Crippen molar-refractivity contribution < 1.29 is 4.74 Å². The number of imidazole rings is 1. The number of ether oxygens (including phenoxy) is 1. The Hall–Kier alpha value is -3.85. The first kappa shape index (κ1) is 19.1. The van der Waals surface area contributed by atoms with E-state index >= 15 is 0 Å². The predicted molar refractivity (Wildman–Crippen MR) is 120 cm³/mol. The second kappa shape index (κ2) is 8.49. The van der Waals surface area contributed by atoms with E-state index in [9.17, 15) is 0 Å². The fourth-order valence-corrected chi connectivity index (χ4v) is 3.48. The summed E-state index contributed by atoms with van der Waals surface area (Å²) >= 11 is 0. The lowest BCUT2D eigenvalue weighted by Crippen LogP contribution is -2.37. The maximum atomic E-state index is 5.48. The highest BCUT2D eigenvalue weighted by molar-refractivity contribution is 5.87. The number of aryl methyl sites for hydroxylation is 1. The fourth-order valence-electron chi connectivity index (χ4n) is 3.48. The number of fused-ring (bicyclic) bond motifs is 1. The minimum Gasteiger partial charge on any atom is -0.378 e. The number of nitrogens with zero attached hydrogens (tertiary/aromatic N) is 7. The van der Waals surface area contributed by atoms with Crippen LogP contribution in [0.15, 0.2) is 60.2 Å². The van der Waals surface area contributed by atoms with Gasteiger partial charge in [-0.05, 0) is 24.6 Å². The van der Waals surface area contributed by atoms with Crippen LogP contribution in [0, 0.1) is 6.92 Å². The van der Waals surface area contributed by atoms with E-state index in [1.54, 1.807) is 24.9 Å². The summed E-state index contributed by atoms with van der Waals surface area (Å²) in [5, 5.41) is 4.40. The Balaban J connectivity index is 1.54. The zero-order valence-electron chi connectivity index (χ0n) is 17.1. The fraction of sp³-hybridized carbons (Fsp3) is 0.227. The molecule has 1 aliphatic rings. The highest BCUT2D eigenvalue weighted by Crippen LogP contribution is 2.25. The first-order chi connectivity index (χ1) is 15.3. The zero-order valence-corrected chi connectivity index (χ0v) is 17.1. The third-order valence-electron chi connectivity index (χ3n) is 5.05. The number of hydrazone groups is 1. The highest BCUT2D eigenvalue weighted by atomic mass is 16.5. The molecule has 3 aromatic heterocycles. The number of morpholine rings is 1. The molecule has 1 fully saturated rings. The van der Waals surface area contributed by atoms with Crippen LogP contribution in [0.5, 0.6) is 0 Å². The van der Waals surface area contributed by atoms with Crippen LogP contribution >= 0.6 is 0 Å². The van der Waals surface area contributed by atoms with Crippen molar-refractivity contribution >= 4 is 29.1 Å².